The molecule has 0 fully saturated rings. The molecule has 7 nitrogen and oxygen atoms in total. The van der Waals surface area contributed by atoms with E-state index in [2.05, 4.69) is 0 Å². The van der Waals surface area contributed by atoms with Crippen molar-refractivity contribution in [1.82, 2.24) is 0 Å². The smallest absolute Gasteiger partial charge is 0.264 e. The number of benzene rings is 2. The van der Waals surface area contributed by atoms with Gasteiger partial charge in [0.05, 0.1) is 10.6 Å². The summed E-state index contributed by atoms with van der Waals surface area (Å²) in [6.45, 7) is 1.55. The van der Waals surface area contributed by atoms with Gasteiger partial charge in [0.15, 0.2) is 11.5 Å². The minimum absolute atomic E-state index is 0.0831. The van der Waals surface area contributed by atoms with Crippen molar-refractivity contribution in [2.75, 3.05) is 30.1 Å². The topological polar surface area (TPSA) is 76.2 Å². The molecule has 1 aliphatic rings. The third-order valence-corrected chi connectivity index (χ3v) is 5.86. The van der Waals surface area contributed by atoms with E-state index in [1.54, 1.807) is 37.4 Å². The summed E-state index contributed by atoms with van der Waals surface area (Å²) in [7, 11) is -0.613. The Morgan fingerprint density at radius 3 is 2.20 bits per heavy atom. The number of anilines is 2. The number of carbonyl (C=O) groups excluding carboxylic acids is 1. The highest BCUT2D eigenvalue weighted by Gasteiger charge is 2.24. The third-order valence-electron chi connectivity index (χ3n) is 4.08. The summed E-state index contributed by atoms with van der Waals surface area (Å²) in [5.74, 6) is 0.834. The van der Waals surface area contributed by atoms with E-state index in [0.29, 0.717) is 22.9 Å². The maximum absolute atomic E-state index is 12.8. The lowest BCUT2D eigenvalue weighted by molar-refractivity contribution is -0.116. The third kappa shape index (κ3) is 3.12. The molecule has 132 valence electrons. The first-order valence-electron chi connectivity index (χ1n) is 7.53. The van der Waals surface area contributed by atoms with E-state index >= 15 is 0 Å². The van der Waals surface area contributed by atoms with E-state index in [4.69, 9.17) is 9.47 Å². The number of sulfonamides is 1. The number of amides is 1. The zero-order chi connectivity index (χ0) is 18.2. The molecule has 0 atom stereocenters. The fourth-order valence-corrected chi connectivity index (χ4v) is 3.61. The molecule has 0 N–H and O–H groups in total. The lowest BCUT2D eigenvalue weighted by Crippen LogP contribution is -2.27. The van der Waals surface area contributed by atoms with Gasteiger partial charge in [-0.1, -0.05) is 0 Å². The Kier molecular flexibility index (Phi) is 4.30. The molecule has 0 radical (unpaired) electrons. The number of hydrogen-bond donors (Lipinski definition) is 0. The molecule has 0 saturated heterocycles. The number of hydrogen-bond acceptors (Lipinski definition) is 5. The Morgan fingerprint density at radius 2 is 1.56 bits per heavy atom. The predicted octanol–water partition coefficient (Wildman–Crippen LogP) is 2.22. The van der Waals surface area contributed by atoms with Gasteiger partial charge >= 0.3 is 0 Å². The molecule has 0 aromatic heterocycles. The van der Waals surface area contributed by atoms with Crippen molar-refractivity contribution in [2.45, 2.75) is 11.8 Å². The first kappa shape index (κ1) is 17.1. The molecule has 2 aromatic rings. The Bertz CT molecular complexity index is 909. The number of fused-ring (bicyclic) bond motifs is 1. The molecule has 0 spiro atoms. The fourth-order valence-electron chi connectivity index (χ4n) is 2.40. The summed E-state index contributed by atoms with van der Waals surface area (Å²) in [5, 5.41) is 0. The van der Waals surface area contributed by atoms with Crippen LogP contribution in [0.4, 0.5) is 11.4 Å². The van der Waals surface area contributed by atoms with E-state index in [9.17, 15) is 13.2 Å². The van der Waals surface area contributed by atoms with Gasteiger partial charge in [-0.25, -0.2) is 8.42 Å². The lowest BCUT2D eigenvalue weighted by atomic mass is 10.2. The molecule has 1 amide bonds. The molecule has 0 unspecified atom stereocenters. The van der Waals surface area contributed by atoms with Crippen LogP contribution in [0.25, 0.3) is 0 Å². The summed E-state index contributed by atoms with van der Waals surface area (Å²) in [6.07, 6.45) is 0. The van der Waals surface area contributed by atoms with E-state index in [0.717, 1.165) is 0 Å². The monoisotopic (exact) mass is 362 g/mol. The van der Waals surface area contributed by atoms with Gasteiger partial charge in [0.1, 0.15) is 0 Å². The van der Waals surface area contributed by atoms with Crippen LogP contribution < -0.4 is 18.7 Å². The number of carbonyl (C=O) groups is 1. The Morgan fingerprint density at radius 1 is 0.960 bits per heavy atom. The van der Waals surface area contributed by atoms with Crippen LogP contribution in [0, 0.1) is 0 Å². The maximum atomic E-state index is 12.8. The lowest BCUT2D eigenvalue weighted by Gasteiger charge is -2.21. The van der Waals surface area contributed by atoms with Crippen molar-refractivity contribution >= 4 is 27.3 Å². The van der Waals surface area contributed by atoms with Gasteiger partial charge in [-0.05, 0) is 36.4 Å². The molecule has 8 heteroatoms. The number of ether oxygens (including phenoxy) is 2. The Balaban J connectivity index is 1.89. The average molecular weight is 362 g/mol. The second kappa shape index (κ2) is 6.29. The van der Waals surface area contributed by atoms with E-state index in [-0.39, 0.29) is 17.6 Å². The molecule has 25 heavy (non-hydrogen) atoms. The van der Waals surface area contributed by atoms with Crippen molar-refractivity contribution in [3.8, 4) is 11.5 Å². The van der Waals surface area contributed by atoms with E-state index < -0.39 is 10.0 Å². The Labute approximate surface area is 146 Å². The van der Waals surface area contributed by atoms with Crippen LogP contribution in [0.5, 0.6) is 11.5 Å². The minimum Gasteiger partial charge on any atom is -0.454 e. The molecular formula is C17H18N2O5S. The van der Waals surface area contributed by atoms with Crippen LogP contribution >= 0.6 is 0 Å². The first-order chi connectivity index (χ1) is 11.8. The van der Waals surface area contributed by atoms with Crippen LogP contribution in [-0.2, 0) is 14.8 Å². The summed E-state index contributed by atoms with van der Waals surface area (Å²) in [5.41, 5.74) is 1.17. The van der Waals surface area contributed by atoms with Crippen molar-refractivity contribution in [3.63, 3.8) is 0 Å². The molecule has 1 heterocycles. The van der Waals surface area contributed by atoms with Crippen molar-refractivity contribution < 1.29 is 22.7 Å². The van der Waals surface area contributed by atoms with Gasteiger partial charge in [0.2, 0.25) is 12.7 Å². The van der Waals surface area contributed by atoms with Crippen LogP contribution in [-0.4, -0.2) is 35.2 Å². The molecule has 2 aromatic carbocycles. The van der Waals surface area contributed by atoms with Gasteiger partial charge in [-0.2, -0.15) is 0 Å². The predicted molar refractivity (Wildman–Crippen MR) is 93.7 cm³/mol. The van der Waals surface area contributed by atoms with Gasteiger partial charge in [0, 0.05) is 32.8 Å². The molecule has 0 saturated carbocycles. The second-order valence-electron chi connectivity index (χ2n) is 5.58. The van der Waals surface area contributed by atoms with Gasteiger partial charge in [-0.3, -0.25) is 9.10 Å². The van der Waals surface area contributed by atoms with Gasteiger partial charge in [-0.15, -0.1) is 0 Å². The van der Waals surface area contributed by atoms with Crippen LogP contribution in [0.1, 0.15) is 6.92 Å². The maximum Gasteiger partial charge on any atom is 0.264 e. The van der Waals surface area contributed by atoms with Crippen molar-refractivity contribution in [2.24, 2.45) is 0 Å². The normalized spacial score (nSPS) is 12.8. The van der Waals surface area contributed by atoms with Crippen molar-refractivity contribution in [3.05, 3.63) is 42.5 Å². The summed E-state index contributed by atoms with van der Waals surface area (Å²) < 4.78 is 37.3. The standard InChI is InChI=1S/C17H18N2O5S/c1-12(20)18(2)13-4-6-14(7-5-13)19(3)25(21,22)15-8-9-16-17(10-15)24-11-23-16/h4-10H,11H2,1-3H3. The van der Waals surface area contributed by atoms with Gasteiger partial charge < -0.3 is 14.4 Å². The first-order valence-corrected chi connectivity index (χ1v) is 8.97. The molecule has 3 rings (SSSR count). The largest absolute Gasteiger partial charge is 0.454 e. The summed E-state index contributed by atoms with van der Waals surface area (Å²) in [6, 6.07) is 11.2. The quantitative estimate of drug-likeness (QED) is 0.834. The number of rotatable bonds is 4. The van der Waals surface area contributed by atoms with Crippen LogP contribution in [0.3, 0.4) is 0 Å². The molecular weight excluding hydrogens is 344 g/mol. The number of nitrogens with zero attached hydrogens (tertiary/aromatic N) is 2. The zero-order valence-electron chi connectivity index (χ0n) is 14.1. The molecule has 1 aliphatic heterocycles. The van der Waals surface area contributed by atoms with Crippen molar-refractivity contribution in [1.29, 1.82) is 0 Å². The highest BCUT2D eigenvalue weighted by molar-refractivity contribution is 7.92. The second-order valence-corrected chi connectivity index (χ2v) is 7.55. The van der Waals surface area contributed by atoms with E-state index in [1.165, 1.54) is 35.3 Å². The van der Waals surface area contributed by atoms with Gasteiger partial charge in [0.25, 0.3) is 10.0 Å². The SMILES string of the molecule is CC(=O)N(C)c1ccc(N(C)S(=O)(=O)c2ccc3c(c2)OCO3)cc1. The Hall–Kier alpha value is -2.74. The van der Waals surface area contributed by atoms with Crippen LogP contribution in [0.15, 0.2) is 47.4 Å². The summed E-state index contributed by atoms with van der Waals surface area (Å²) in [4.78, 5) is 13.0. The van der Waals surface area contributed by atoms with E-state index in [1.807, 2.05) is 0 Å². The molecule has 0 aliphatic carbocycles. The highest BCUT2D eigenvalue weighted by atomic mass is 32.2. The highest BCUT2D eigenvalue weighted by Crippen LogP contribution is 2.35. The zero-order valence-corrected chi connectivity index (χ0v) is 14.9. The summed E-state index contributed by atoms with van der Waals surface area (Å²) >= 11 is 0. The average Bonchev–Trinajstić information content (AvgIpc) is 3.08. The minimum atomic E-state index is -3.75. The fraction of sp³-hybridized carbons (Fsp3) is 0.235. The van der Waals surface area contributed by atoms with Crippen LogP contribution in [0.2, 0.25) is 0 Å². The molecule has 0 bridgehead atoms.